The number of hydrogen-bond acceptors (Lipinski definition) is 4. The molecular formula is C35H44N2O2. The maximum Gasteiger partial charge on any atom is 0.196 e. The molecule has 1 aliphatic carbocycles. The number of carbonyl (C=O) groups is 2. The minimum Gasteiger partial charge on any atom is -0.388 e. The Hall–Kier alpha value is -3.40. The summed E-state index contributed by atoms with van der Waals surface area (Å²) < 4.78 is 0. The van der Waals surface area contributed by atoms with Crippen LogP contribution in [0.2, 0.25) is 0 Å². The van der Waals surface area contributed by atoms with Crippen molar-refractivity contribution >= 4 is 28.6 Å². The number of anilines is 3. The van der Waals surface area contributed by atoms with Crippen molar-refractivity contribution in [3.63, 3.8) is 0 Å². The van der Waals surface area contributed by atoms with Crippen molar-refractivity contribution in [3.05, 3.63) is 88.5 Å². The zero-order chi connectivity index (χ0) is 27.5. The average molecular weight is 525 g/mol. The molecule has 0 bridgehead atoms. The fourth-order valence-corrected chi connectivity index (χ4v) is 5.62. The number of unbranched alkanes of at least 4 members (excludes halogenated alkanes) is 11. The molecule has 2 N–H and O–H groups in total. The third-order valence-electron chi connectivity index (χ3n) is 7.90. The highest BCUT2D eigenvalue weighted by molar-refractivity contribution is 6.32. The Morgan fingerprint density at radius 1 is 0.564 bits per heavy atom. The highest BCUT2D eigenvalue weighted by atomic mass is 16.1. The third-order valence-corrected chi connectivity index (χ3v) is 7.90. The van der Waals surface area contributed by atoms with Gasteiger partial charge in [0, 0.05) is 29.5 Å². The minimum atomic E-state index is -0.122. The SMILES string of the molecule is CCCCCCCCCCCCCCc1ccc(Nc2ccc(NC)c3c2C(=O)c2ccccc2C3=O)cc1. The summed E-state index contributed by atoms with van der Waals surface area (Å²) in [5.41, 5.74) is 5.37. The predicted molar refractivity (Wildman–Crippen MR) is 164 cm³/mol. The first-order chi connectivity index (χ1) is 19.1. The van der Waals surface area contributed by atoms with Gasteiger partial charge in [0.2, 0.25) is 0 Å². The molecule has 4 nitrogen and oxygen atoms in total. The largest absolute Gasteiger partial charge is 0.388 e. The van der Waals surface area contributed by atoms with Gasteiger partial charge in [0.1, 0.15) is 0 Å². The summed E-state index contributed by atoms with van der Waals surface area (Å²) in [4.78, 5) is 26.8. The Bertz CT molecular complexity index is 1250. The molecule has 0 heterocycles. The second-order valence-corrected chi connectivity index (χ2v) is 10.8. The molecule has 0 atom stereocenters. The van der Waals surface area contributed by atoms with Crippen molar-refractivity contribution in [2.45, 2.75) is 90.4 Å². The van der Waals surface area contributed by atoms with Crippen LogP contribution in [0.4, 0.5) is 17.1 Å². The Morgan fingerprint density at radius 3 is 1.59 bits per heavy atom. The van der Waals surface area contributed by atoms with Gasteiger partial charge in [-0.15, -0.1) is 0 Å². The molecule has 39 heavy (non-hydrogen) atoms. The second kappa shape index (κ2) is 14.7. The maximum absolute atomic E-state index is 13.5. The van der Waals surface area contributed by atoms with Crippen molar-refractivity contribution in [2.24, 2.45) is 0 Å². The summed E-state index contributed by atoms with van der Waals surface area (Å²) >= 11 is 0. The first-order valence-corrected chi connectivity index (χ1v) is 15.0. The Balaban J connectivity index is 1.27. The summed E-state index contributed by atoms with van der Waals surface area (Å²) in [6.07, 6.45) is 17.4. The molecule has 0 aromatic heterocycles. The fraction of sp³-hybridized carbons (Fsp3) is 0.429. The molecule has 4 rings (SSSR count). The van der Waals surface area contributed by atoms with Gasteiger partial charge in [0.15, 0.2) is 11.6 Å². The van der Waals surface area contributed by atoms with E-state index in [1.165, 1.54) is 82.6 Å². The first kappa shape index (κ1) is 28.6. The quantitative estimate of drug-likeness (QED) is 0.143. The minimum absolute atomic E-state index is 0.119. The molecule has 1 aliphatic rings. The fourth-order valence-electron chi connectivity index (χ4n) is 5.62. The standard InChI is InChI=1S/C35H44N2O2/c1-3-4-5-6-7-8-9-10-11-12-13-14-17-26-20-22-27(23-21-26)37-31-25-24-30(36-2)32-33(31)35(39)29-19-16-15-18-28(29)34(32)38/h15-16,18-25,36-37H,3-14,17H2,1-2H3. The number of hydrogen-bond donors (Lipinski definition) is 2. The van der Waals surface area contributed by atoms with Gasteiger partial charge in [-0.25, -0.2) is 0 Å². The number of carbonyl (C=O) groups excluding carboxylic acids is 2. The van der Waals surface area contributed by atoms with Gasteiger partial charge in [-0.2, -0.15) is 0 Å². The van der Waals surface area contributed by atoms with Crippen LogP contribution in [0.25, 0.3) is 0 Å². The van der Waals surface area contributed by atoms with Gasteiger partial charge >= 0.3 is 0 Å². The van der Waals surface area contributed by atoms with Gasteiger partial charge in [-0.1, -0.05) is 114 Å². The second-order valence-electron chi connectivity index (χ2n) is 10.8. The molecule has 0 aliphatic heterocycles. The smallest absolute Gasteiger partial charge is 0.196 e. The molecule has 0 unspecified atom stereocenters. The average Bonchev–Trinajstić information content (AvgIpc) is 2.97. The molecule has 0 saturated carbocycles. The van der Waals surface area contributed by atoms with Gasteiger partial charge in [0.05, 0.1) is 16.8 Å². The summed E-state index contributed by atoms with van der Waals surface area (Å²) in [6.45, 7) is 2.28. The van der Waals surface area contributed by atoms with Crippen LogP contribution in [-0.2, 0) is 6.42 Å². The summed E-state index contributed by atoms with van der Waals surface area (Å²) in [5.74, 6) is -0.241. The Morgan fingerprint density at radius 2 is 1.05 bits per heavy atom. The van der Waals surface area contributed by atoms with E-state index >= 15 is 0 Å². The molecule has 3 aromatic rings. The number of nitrogens with one attached hydrogen (secondary N) is 2. The molecule has 0 saturated heterocycles. The molecule has 0 spiro atoms. The Kier molecular flexibility index (Phi) is 10.8. The van der Waals surface area contributed by atoms with E-state index in [0.717, 1.165) is 12.1 Å². The van der Waals surface area contributed by atoms with Gasteiger partial charge < -0.3 is 10.6 Å². The van der Waals surface area contributed by atoms with Crippen molar-refractivity contribution in [1.82, 2.24) is 0 Å². The summed E-state index contributed by atoms with van der Waals surface area (Å²) in [5, 5.41) is 6.49. The van der Waals surface area contributed by atoms with E-state index in [4.69, 9.17) is 0 Å². The lowest BCUT2D eigenvalue weighted by atomic mass is 9.82. The zero-order valence-electron chi connectivity index (χ0n) is 23.8. The monoisotopic (exact) mass is 524 g/mol. The van der Waals surface area contributed by atoms with Gasteiger partial charge in [-0.05, 0) is 42.7 Å². The highest BCUT2D eigenvalue weighted by Gasteiger charge is 2.33. The lowest BCUT2D eigenvalue weighted by Gasteiger charge is -2.23. The van der Waals surface area contributed by atoms with E-state index in [0.29, 0.717) is 33.6 Å². The van der Waals surface area contributed by atoms with Crippen LogP contribution < -0.4 is 10.6 Å². The first-order valence-electron chi connectivity index (χ1n) is 15.0. The van der Waals surface area contributed by atoms with Crippen LogP contribution in [0.5, 0.6) is 0 Å². The van der Waals surface area contributed by atoms with Crippen LogP contribution in [-0.4, -0.2) is 18.6 Å². The van der Waals surface area contributed by atoms with Crippen molar-refractivity contribution in [2.75, 3.05) is 17.7 Å². The summed E-state index contributed by atoms with van der Waals surface area (Å²) in [6, 6.07) is 19.3. The predicted octanol–water partition coefficient (Wildman–Crippen LogP) is 9.49. The van der Waals surface area contributed by atoms with Gasteiger partial charge in [-0.3, -0.25) is 9.59 Å². The highest BCUT2D eigenvalue weighted by Crippen LogP contribution is 2.37. The van der Waals surface area contributed by atoms with Crippen molar-refractivity contribution in [3.8, 4) is 0 Å². The van der Waals surface area contributed by atoms with Gasteiger partial charge in [0.25, 0.3) is 0 Å². The van der Waals surface area contributed by atoms with Crippen molar-refractivity contribution < 1.29 is 9.59 Å². The van der Waals surface area contributed by atoms with E-state index in [-0.39, 0.29) is 11.6 Å². The van der Waals surface area contributed by atoms with E-state index in [9.17, 15) is 9.59 Å². The number of ketones is 2. The van der Waals surface area contributed by atoms with Crippen LogP contribution in [0.1, 0.15) is 121 Å². The number of benzene rings is 3. The van der Waals surface area contributed by atoms with E-state index < -0.39 is 0 Å². The zero-order valence-corrected chi connectivity index (χ0v) is 23.8. The van der Waals surface area contributed by atoms with Crippen LogP contribution in [0, 0.1) is 0 Å². The molecular weight excluding hydrogens is 480 g/mol. The van der Waals surface area contributed by atoms with Crippen LogP contribution in [0.15, 0.2) is 60.7 Å². The van der Waals surface area contributed by atoms with Crippen LogP contribution in [0.3, 0.4) is 0 Å². The lowest BCUT2D eigenvalue weighted by Crippen LogP contribution is -2.23. The Labute approximate surface area is 234 Å². The maximum atomic E-state index is 13.5. The van der Waals surface area contributed by atoms with E-state index in [1.807, 2.05) is 12.1 Å². The van der Waals surface area contributed by atoms with Crippen LogP contribution >= 0.6 is 0 Å². The van der Waals surface area contributed by atoms with E-state index in [1.54, 1.807) is 31.3 Å². The molecule has 206 valence electrons. The number of fused-ring (bicyclic) bond motifs is 2. The molecule has 4 heteroatoms. The number of rotatable bonds is 16. The molecule has 0 amide bonds. The summed E-state index contributed by atoms with van der Waals surface area (Å²) in [7, 11) is 1.77. The molecule has 3 aromatic carbocycles. The number of aryl methyl sites for hydroxylation is 1. The van der Waals surface area contributed by atoms with E-state index in [2.05, 4.69) is 41.8 Å². The topological polar surface area (TPSA) is 58.2 Å². The molecule has 0 radical (unpaired) electrons. The normalized spacial score (nSPS) is 12.3. The third kappa shape index (κ3) is 7.38. The molecule has 0 fully saturated rings. The van der Waals surface area contributed by atoms with Crippen molar-refractivity contribution in [1.29, 1.82) is 0 Å². The lowest BCUT2D eigenvalue weighted by molar-refractivity contribution is 0.0980.